The molecule has 2 aliphatic rings. The number of fused-ring (bicyclic) bond motifs is 1. The quantitative estimate of drug-likeness (QED) is 0.779. The Kier molecular flexibility index (Phi) is 4.51. The second kappa shape index (κ2) is 6.98. The second-order valence-electron chi connectivity index (χ2n) is 7.14. The van der Waals surface area contributed by atoms with Crippen LogP contribution in [0.2, 0.25) is 0 Å². The maximum absolute atomic E-state index is 13.2. The smallest absolute Gasteiger partial charge is 0.254 e. The summed E-state index contributed by atoms with van der Waals surface area (Å²) < 4.78 is 1.92. The van der Waals surface area contributed by atoms with Crippen LogP contribution in [-0.4, -0.2) is 51.1 Å². The maximum Gasteiger partial charge on any atom is 0.254 e. The fourth-order valence-corrected chi connectivity index (χ4v) is 4.15. The summed E-state index contributed by atoms with van der Waals surface area (Å²) in [6.07, 6.45) is 5.56. The molecule has 3 heterocycles. The highest BCUT2D eigenvalue weighted by Crippen LogP contribution is 2.33. The molecule has 0 bridgehead atoms. The minimum Gasteiger partial charge on any atom is -0.338 e. The van der Waals surface area contributed by atoms with Gasteiger partial charge in [0.1, 0.15) is 12.2 Å². The number of likely N-dealkylation sites (tertiary alicyclic amines) is 1. The number of anilines is 1. The number of hydrogen-bond donors (Lipinski definition) is 0. The standard InChI is InChI=1S/C20H23N5O2/c1-3-18(26)25-10-5-7-15-16(6-4-8-17(15)25)20(27)24-11-9-14(12-24)19-22-21-13-23(19)2/h3-4,6,8,13-14H,1,5,7,9-12H2,2H3. The van der Waals surface area contributed by atoms with Gasteiger partial charge in [-0.15, -0.1) is 10.2 Å². The largest absolute Gasteiger partial charge is 0.338 e. The van der Waals surface area contributed by atoms with Crippen LogP contribution in [0.3, 0.4) is 0 Å². The maximum atomic E-state index is 13.2. The molecule has 0 saturated carbocycles. The SMILES string of the molecule is C=CC(=O)N1CCCc2c(C(=O)N3CCC(c4nncn4C)C3)cccc21. The van der Waals surface area contributed by atoms with E-state index in [9.17, 15) is 9.59 Å². The van der Waals surface area contributed by atoms with E-state index in [1.54, 1.807) is 11.2 Å². The van der Waals surface area contributed by atoms with Crippen LogP contribution in [0, 0.1) is 0 Å². The first-order valence-corrected chi connectivity index (χ1v) is 9.29. The van der Waals surface area contributed by atoms with E-state index in [0.29, 0.717) is 25.2 Å². The molecule has 1 saturated heterocycles. The summed E-state index contributed by atoms with van der Waals surface area (Å²) in [5.74, 6) is 1.04. The Balaban J connectivity index is 1.59. The van der Waals surface area contributed by atoms with E-state index < -0.39 is 0 Å². The molecule has 1 unspecified atom stereocenters. The van der Waals surface area contributed by atoms with Gasteiger partial charge in [-0.3, -0.25) is 9.59 Å². The Hall–Kier alpha value is -2.96. The molecule has 1 aromatic carbocycles. The highest BCUT2D eigenvalue weighted by atomic mass is 16.2. The first-order valence-electron chi connectivity index (χ1n) is 9.29. The first kappa shape index (κ1) is 17.5. The minimum absolute atomic E-state index is 0.0319. The van der Waals surface area contributed by atoms with Crippen molar-refractivity contribution in [3.63, 3.8) is 0 Å². The molecule has 0 radical (unpaired) electrons. The van der Waals surface area contributed by atoms with Gasteiger partial charge < -0.3 is 14.4 Å². The highest BCUT2D eigenvalue weighted by Gasteiger charge is 2.32. The summed E-state index contributed by atoms with van der Waals surface area (Å²) in [5, 5.41) is 8.14. The number of aryl methyl sites for hydroxylation is 1. The summed E-state index contributed by atoms with van der Waals surface area (Å²) in [7, 11) is 1.93. The van der Waals surface area contributed by atoms with Crippen LogP contribution in [-0.2, 0) is 18.3 Å². The third-order valence-electron chi connectivity index (χ3n) is 5.51. The van der Waals surface area contributed by atoms with Crippen LogP contribution < -0.4 is 4.90 Å². The summed E-state index contributed by atoms with van der Waals surface area (Å²) in [6, 6.07) is 5.65. The normalized spacial score (nSPS) is 19.1. The lowest BCUT2D eigenvalue weighted by Crippen LogP contribution is -2.36. The fraction of sp³-hybridized carbons (Fsp3) is 0.400. The van der Waals surface area contributed by atoms with Gasteiger partial charge in [-0.2, -0.15) is 0 Å². The lowest BCUT2D eigenvalue weighted by Gasteiger charge is -2.30. The third kappa shape index (κ3) is 3.03. The van der Waals surface area contributed by atoms with Gasteiger partial charge in [0, 0.05) is 43.9 Å². The molecular weight excluding hydrogens is 342 g/mol. The molecule has 0 N–H and O–H groups in total. The molecule has 2 amide bonds. The van der Waals surface area contributed by atoms with Crippen LogP contribution >= 0.6 is 0 Å². The average molecular weight is 365 g/mol. The van der Waals surface area contributed by atoms with Crippen molar-refractivity contribution >= 4 is 17.5 Å². The molecule has 27 heavy (non-hydrogen) atoms. The number of amides is 2. The summed E-state index contributed by atoms with van der Waals surface area (Å²) in [6.45, 7) is 5.60. The molecule has 1 atom stereocenters. The fourth-order valence-electron chi connectivity index (χ4n) is 4.15. The van der Waals surface area contributed by atoms with Crippen molar-refractivity contribution in [2.45, 2.75) is 25.2 Å². The molecule has 4 rings (SSSR count). The Morgan fingerprint density at radius 3 is 2.89 bits per heavy atom. The van der Waals surface area contributed by atoms with Crippen LogP contribution in [0.4, 0.5) is 5.69 Å². The molecule has 1 fully saturated rings. The number of carbonyl (C=O) groups is 2. The molecule has 0 spiro atoms. The zero-order chi connectivity index (χ0) is 19.0. The van der Waals surface area contributed by atoms with E-state index >= 15 is 0 Å². The molecule has 0 aliphatic carbocycles. The molecule has 1 aromatic heterocycles. The molecule has 7 heteroatoms. The van der Waals surface area contributed by atoms with Crippen molar-refractivity contribution in [1.29, 1.82) is 0 Å². The Bertz CT molecular complexity index is 904. The Labute approximate surface area is 158 Å². The van der Waals surface area contributed by atoms with Crippen LogP contribution in [0.15, 0.2) is 37.2 Å². The number of nitrogens with zero attached hydrogens (tertiary/aromatic N) is 5. The van der Waals surface area contributed by atoms with E-state index in [4.69, 9.17) is 0 Å². The van der Waals surface area contributed by atoms with Gasteiger partial charge in [0.2, 0.25) is 5.91 Å². The van der Waals surface area contributed by atoms with Crippen LogP contribution in [0.1, 0.15) is 40.5 Å². The predicted octanol–water partition coefficient (Wildman–Crippen LogP) is 1.91. The van der Waals surface area contributed by atoms with Gasteiger partial charge in [0.15, 0.2) is 0 Å². The van der Waals surface area contributed by atoms with E-state index in [-0.39, 0.29) is 17.7 Å². The lowest BCUT2D eigenvalue weighted by atomic mass is 9.95. The van der Waals surface area contributed by atoms with Gasteiger partial charge in [0.05, 0.1) is 0 Å². The van der Waals surface area contributed by atoms with Gasteiger partial charge >= 0.3 is 0 Å². The van der Waals surface area contributed by atoms with Crippen molar-refractivity contribution < 1.29 is 9.59 Å². The highest BCUT2D eigenvalue weighted by molar-refractivity contribution is 6.04. The van der Waals surface area contributed by atoms with Crippen molar-refractivity contribution in [3.8, 4) is 0 Å². The van der Waals surface area contributed by atoms with E-state index in [1.165, 1.54) is 6.08 Å². The molecular formula is C20H23N5O2. The van der Waals surface area contributed by atoms with Gasteiger partial charge in [-0.25, -0.2) is 0 Å². The zero-order valence-electron chi connectivity index (χ0n) is 15.5. The Morgan fingerprint density at radius 1 is 1.30 bits per heavy atom. The molecule has 7 nitrogen and oxygen atoms in total. The first-order chi connectivity index (χ1) is 13.1. The average Bonchev–Trinajstić information content (AvgIpc) is 3.34. The number of aromatic nitrogens is 3. The number of hydrogen-bond acceptors (Lipinski definition) is 4. The van der Waals surface area contributed by atoms with E-state index in [2.05, 4.69) is 16.8 Å². The van der Waals surface area contributed by atoms with Crippen molar-refractivity contribution in [3.05, 3.63) is 54.1 Å². The second-order valence-corrected chi connectivity index (χ2v) is 7.14. The topological polar surface area (TPSA) is 71.3 Å². The van der Waals surface area contributed by atoms with Gasteiger partial charge in [-0.05, 0) is 43.0 Å². The summed E-state index contributed by atoms with van der Waals surface area (Å²) in [4.78, 5) is 29.0. The van der Waals surface area contributed by atoms with Gasteiger partial charge in [-0.1, -0.05) is 12.6 Å². The molecule has 2 aliphatic heterocycles. The number of benzene rings is 1. The molecule has 2 aromatic rings. The number of rotatable bonds is 3. The summed E-state index contributed by atoms with van der Waals surface area (Å²) in [5.41, 5.74) is 2.50. The predicted molar refractivity (Wildman–Crippen MR) is 102 cm³/mol. The minimum atomic E-state index is -0.121. The zero-order valence-corrected chi connectivity index (χ0v) is 15.5. The third-order valence-corrected chi connectivity index (χ3v) is 5.51. The van der Waals surface area contributed by atoms with Crippen molar-refractivity contribution in [2.24, 2.45) is 7.05 Å². The number of carbonyl (C=O) groups excluding carboxylic acids is 2. The van der Waals surface area contributed by atoms with E-state index in [0.717, 1.165) is 36.3 Å². The molecule has 140 valence electrons. The van der Waals surface area contributed by atoms with Crippen LogP contribution in [0.25, 0.3) is 0 Å². The monoisotopic (exact) mass is 365 g/mol. The summed E-state index contributed by atoms with van der Waals surface area (Å²) >= 11 is 0. The van der Waals surface area contributed by atoms with E-state index in [1.807, 2.05) is 34.7 Å². The lowest BCUT2D eigenvalue weighted by molar-refractivity contribution is -0.114. The Morgan fingerprint density at radius 2 is 2.15 bits per heavy atom. The van der Waals surface area contributed by atoms with Crippen molar-refractivity contribution in [2.75, 3.05) is 24.5 Å². The van der Waals surface area contributed by atoms with Crippen molar-refractivity contribution in [1.82, 2.24) is 19.7 Å². The van der Waals surface area contributed by atoms with Gasteiger partial charge in [0.25, 0.3) is 5.91 Å². The van der Waals surface area contributed by atoms with Crippen LogP contribution in [0.5, 0.6) is 0 Å².